The van der Waals surface area contributed by atoms with Gasteiger partial charge in [0, 0.05) is 13.1 Å². The molecule has 5 nitrogen and oxygen atoms in total. The van der Waals surface area contributed by atoms with Gasteiger partial charge in [-0.2, -0.15) is 0 Å². The SMILES string of the molecule is C[C@@H]1CCC[C@H](OC[C@H](O)CNCCOCCO)C1. The van der Waals surface area contributed by atoms with Crippen LogP contribution in [-0.2, 0) is 9.47 Å². The Morgan fingerprint density at radius 1 is 1.32 bits per heavy atom. The van der Waals surface area contributed by atoms with Crippen LogP contribution in [0.2, 0.25) is 0 Å². The van der Waals surface area contributed by atoms with E-state index in [-0.39, 0.29) is 6.61 Å². The molecule has 1 rings (SSSR count). The van der Waals surface area contributed by atoms with E-state index in [1.54, 1.807) is 0 Å². The molecule has 0 radical (unpaired) electrons. The molecule has 1 aliphatic carbocycles. The van der Waals surface area contributed by atoms with Gasteiger partial charge in [-0.05, 0) is 18.8 Å². The Labute approximate surface area is 116 Å². The van der Waals surface area contributed by atoms with Crippen molar-refractivity contribution in [3.8, 4) is 0 Å². The van der Waals surface area contributed by atoms with E-state index in [0.29, 0.717) is 39.0 Å². The van der Waals surface area contributed by atoms with Crippen LogP contribution in [0.1, 0.15) is 32.6 Å². The second kappa shape index (κ2) is 10.6. The van der Waals surface area contributed by atoms with Crippen molar-refractivity contribution < 1.29 is 19.7 Å². The van der Waals surface area contributed by atoms with Crippen molar-refractivity contribution in [2.45, 2.75) is 44.8 Å². The molecule has 0 saturated heterocycles. The Kier molecular flexibility index (Phi) is 9.38. The normalized spacial score (nSPS) is 25.4. The van der Waals surface area contributed by atoms with Crippen molar-refractivity contribution in [3.05, 3.63) is 0 Å². The van der Waals surface area contributed by atoms with E-state index >= 15 is 0 Å². The topological polar surface area (TPSA) is 71.0 Å². The van der Waals surface area contributed by atoms with Crippen molar-refractivity contribution >= 4 is 0 Å². The summed E-state index contributed by atoms with van der Waals surface area (Å²) < 4.78 is 10.9. The number of rotatable bonds is 10. The minimum Gasteiger partial charge on any atom is -0.394 e. The van der Waals surface area contributed by atoms with E-state index in [9.17, 15) is 5.11 Å². The lowest BCUT2D eigenvalue weighted by atomic mass is 9.89. The molecule has 0 unspecified atom stereocenters. The fraction of sp³-hybridized carbons (Fsp3) is 1.00. The van der Waals surface area contributed by atoms with Crippen LogP contribution in [0.25, 0.3) is 0 Å². The van der Waals surface area contributed by atoms with Gasteiger partial charge in [-0.1, -0.05) is 19.8 Å². The Hall–Kier alpha value is -0.200. The zero-order valence-corrected chi connectivity index (χ0v) is 12.0. The molecule has 5 heteroatoms. The average Bonchev–Trinajstić information content (AvgIpc) is 2.40. The maximum atomic E-state index is 9.78. The Balaban J connectivity index is 1.94. The fourth-order valence-corrected chi connectivity index (χ4v) is 2.42. The Bertz CT molecular complexity index is 216. The Morgan fingerprint density at radius 3 is 2.89 bits per heavy atom. The molecule has 19 heavy (non-hydrogen) atoms. The number of nitrogens with one attached hydrogen (secondary N) is 1. The van der Waals surface area contributed by atoms with Gasteiger partial charge >= 0.3 is 0 Å². The van der Waals surface area contributed by atoms with Crippen LogP contribution >= 0.6 is 0 Å². The lowest BCUT2D eigenvalue weighted by Crippen LogP contribution is -2.34. The molecule has 0 aromatic heterocycles. The first-order valence-corrected chi connectivity index (χ1v) is 7.41. The minimum absolute atomic E-state index is 0.0519. The number of ether oxygens (including phenoxy) is 2. The molecule has 1 fully saturated rings. The highest BCUT2D eigenvalue weighted by atomic mass is 16.5. The molecule has 114 valence electrons. The van der Waals surface area contributed by atoms with Crippen LogP contribution in [0.15, 0.2) is 0 Å². The molecule has 0 aromatic rings. The second-order valence-electron chi connectivity index (χ2n) is 5.42. The van der Waals surface area contributed by atoms with Crippen LogP contribution in [0.3, 0.4) is 0 Å². The van der Waals surface area contributed by atoms with Crippen LogP contribution < -0.4 is 5.32 Å². The fourth-order valence-electron chi connectivity index (χ4n) is 2.42. The molecular formula is C14H29NO4. The highest BCUT2D eigenvalue weighted by Crippen LogP contribution is 2.25. The van der Waals surface area contributed by atoms with Gasteiger partial charge in [0.25, 0.3) is 0 Å². The molecule has 0 aromatic carbocycles. The van der Waals surface area contributed by atoms with Gasteiger partial charge < -0.3 is 25.0 Å². The molecule has 0 amide bonds. The number of hydrogen-bond acceptors (Lipinski definition) is 5. The molecule has 0 heterocycles. The van der Waals surface area contributed by atoms with Gasteiger partial charge in [0.05, 0.1) is 38.6 Å². The van der Waals surface area contributed by atoms with Gasteiger partial charge in [0.2, 0.25) is 0 Å². The van der Waals surface area contributed by atoms with Crippen molar-refractivity contribution in [3.63, 3.8) is 0 Å². The lowest BCUT2D eigenvalue weighted by molar-refractivity contribution is -0.0309. The molecule has 0 aliphatic heterocycles. The molecule has 1 saturated carbocycles. The monoisotopic (exact) mass is 275 g/mol. The van der Waals surface area contributed by atoms with Crippen molar-refractivity contribution in [1.29, 1.82) is 0 Å². The summed E-state index contributed by atoms with van der Waals surface area (Å²) in [5, 5.41) is 21.4. The average molecular weight is 275 g/mol. The second-order valence-corrected chi connectivity index (χ2v) is 5.42. The molecule has 3 N–H and O–H groups in total. The third-order valence-corrected chi connectivity index (χ3v) is 3.45. The van der Waals surface area contributed by atoms with Gasteiger partial charge in [-0.25, -0.2) is 0 Å². The summed E-state index contributed by atoms with van der Waals surface area (Å²) >= 11 is 0. The summed E-state index contributed by atoms with van der Waals surface area (Å²) in [5.41, 5.74) is 0. The van der Waals surface area contributed by atoms with E-state index in [4.69, 9.17) is 14.6 Å². The van der Waals surface area contributed by atoms with E-state index in [2.05, 4.69) is 12.2 Å². The highest BCUT2D eigenvalue weighted by Gasteiger charge is 2.20. The summed E-state index contributed by atoms with van der Waals surface area (Å²) in [5.74, 6) is 0.748. The predicted molar refractivity (Wildman–Crippen MR) is 74.2 cm³/mol. The van der Waals surface area contributed by atoms with Crippen LogP contribution in [-0.4, -0.2) is 61.9 Å². The van der Waals surface area contributed by atoms with Gasteiger partial charge in [-0.15, -0.1) is 0 Å². The smallest absolute Gasteiger partial charge is 0.0897 e. The van der Waals surface area contributed by atoms with Gasteiger partial charge in [-0.3, -0.25) is 0 Å². The molecule has 0 bridgehead atoms. The molecule has 0 spiro atoms. The van der Waals surface area contributed by atoms with Crippen LogP contribution in [0.4, 0.5) is 0 Å². The van der Waals surface area contributed by atoms with Crippen LogP contribution in [0, 0.1) is 5.92 Å². The zero-order valence-electron chi connectivity index (χ0n) is 12.0. The minimum atomic E-state index is -0.463. The highest BCUT2D eigenvalue weighted by molar-refractivity contribution is 4.71. The van der Waals surface area contributed by atoms with Crippen molar-refractivity contribution in [1.82, 2.24) is 5.32 Å². The standard InChI is InChI=1S/C14H29NO4/c1-12-3-2-4-14(9-12)19-11-13(17)10-15-5-7-18-8-6-16/h12-17H,2-11H2,1H3/t12-,13-,14+/m1/s1. The lowest BCUT2D eigenvalue weighted by Gasteiger charge is -2.27. The van der Waals surface area contributed by atoms with E-state index < -0.39 is 6.10 Å². The van der Waals surface area contributed by atoms with Gasteiger partial charge in [0.15, 0.2) is 0 Å². The number of hydrogen-bond donors (Lipinski definition) is 3. The maximum Gasteiger partial charge on any atom is 0.0897 e. The summed E-state index contributed by atoms with van der Waals surface area (Å²) in [7, 11) is 0. The predicted octanol–water partition coefficient (Wildman–Crippen LogP) is 0.541. The summed E-state index contributed by atoms with van der Waals surface area (Å²) in [4.78, 5) is 0. The van der Waals surface area contributed by atoms with Crippen molar-refractivity contribution in [2.75, 3.05) is 39.5 Å². The first kappa shape index (κ1) is 16.9. The van der Waals surface area contributed by atoms with Crippen molar-refractivity contribution in [2.24, 2.45) is 5.92 Å². The molecule has 1 aliphatic rings. The summed E-state index contributed by atoms with van der Waals surface area (Å²) in [6, 6.07) is 0. The quantitative estimate of drug-likeness (QED) is 0.508. The first-order valence-electron chi connectivity index (χ1n) is 7.41. The largest absolute Gasteiger partial charge is 0.394 e. The Morgan fingerprint density at radius 2 is 2.16 bits per heavy atom. The number of aliphatic hydroxyl groups excluding tert-OH is 2. The van der Waals surface area contributed by atoms with Crippen LogP contribution in [0.5, 0.6) is 0 Å². The summed E-state index contributed by atoms with van der Waals surface area (Å²) in [6.07, 6.45) is 4.65. The van der Waals surface area contributed by atoms with E-state index in [1.807, 2.05) is 0 Å². The first-order chi connectivity index (χ1) is 9.22. The van der Waals surface area contributed by atoms with E-state index in [1.165, 1.54) is 12.8 Å². The van der Waals surface area contributed by atoms with Gasteiger partial charge in [0.1, 0.15) is 0 Å². The molecule has 3 atom stereocenters. The molecular weight excluding hydrogens is 246 g/mol. The summed E-state index contributed by atoms with van der Waals surface area (Å²) in [6.45, 7) is 4.84. The number of aliphatic hydroxyl groups is 2. The third-order valence-electron chi connectivity index (χ3n) is 3.45. The zero-order chi connectivity index (χ0) is 13.9. The third kappa shape index (κ3) is 8.55. The maximum absolute atomic E-state index is 9.78. The van der Waals surface area contributed by atoms with E-state index in [0.717, 1.165) is 18.8 Å².